The number of aryl methyl sites for hydroxylation is 2. The van der Waals surface area contributed by atoms with Crippen molar-refractivity contribution in [1.29, 1.82) is 0 Å². The molecule has 0 spiro atoms. The zero-order valence-corrected chi connectivity index (χ0v) is 15.2. The third kappa shape index (κ3) is 3.94. The molecule has 2 atom stereocenters. The van der Waals surface area contributed by atoms with Gasteiger partial charge in [0.25, 0.3) is 0 Å². The molecule has 0 unspecified atom stereocenters. The van der Waals surface area contributed by atoms with E-state index in [1.807, 2.05) is 44.2 Å². The average Bonchev–Trinajstić information content (AvgIpc) is 2.95. The summed E-state index contributed by atoms with van der Waals surface area (Å²) in [6.45, 7) is 5.99. The summed E-state index contributed by atoms with van der Waals surface area (Å²) in [4.78, 5) is 31.0. The lowest BCUT2D eigenvalue weighted by Gasteiger charge is -2.38. The molecule has 2 aromatic rings. The van der Waals surface area contributed by atoms with Gasteiger partial charge in [-0.25, -0.2) is 4.98 Å². The summed E-state index contributed by atoms with van der Waals surface area (Å²) in [5, 5.41) is 2.81. The Morgan fingerprint density at radius 1 is 1.31 bits per heavy atom. The molecule has 1 aliphatic heterocycles. The maximum atomic E-state index is 12.8. The summed E-state index contributed by atoms with van der Waals surface area (Å²) >= 11 is 0. The van der Waals surface area contributed by atoms with Crippen molar-refractivity contribution in [1.82, 2.24) is 15.2 Å². The number of hydrogen-bond donors (Lipinski definition) is 1. The molecule has 2 amide bonds. The summed E-state index contributed by atoms with van der Waals surface area (Å²) in [6, 6.07) is 8.89. The van der Waals surface area contributed by atoms with Crippen LogP contribution < -0.4 is 5.32 Å². The number of nitrogens with one attached hydrogen (secondary N) is 1. The zero-order chi connectivity index (χ0) is 18.7. The molecule has 138 valence electrons. The fourth-order valence-electron chi connectivity index (χ4n) is 2.99. The number of carbonyl (C=O) groups is 2. The van der Waals surface area contributed by atoms with Crippen molar-refractivity contribution in [2.24, 2.45) is 0 Å². The van der Waals surface area contributed by atoms with Crippen molar-refractivity contribution in [3.8, 4) is 0 Å². The van der Waals surface area contributed by atoms with Crippen LogP contribution in [0.15, 0.2) is 34.7 Å². The number of aromatic nitrogens is 1. The molecule has 0 aliphatic carbocycles. The predicted molar refractivity (Wildman–Crippen MR) is 94.0 cm³/mol. The number of rotatable bonds is 5. The number of hydrogen-bond acceptors (Lipinski definition) is 5. The van der Waals surface area contributed by atoms with Gasteiger partial charge in [0.2, 0.25) is 17.7 Å². The molecule has 0 radical (unpaired) electrons. The highest BCUT2D eigenvalue weighted by Gasteiger charge is 2.39. The van der Waals surface area contributed by atoms with Crippen molar-refractivity contribution in [3.05, 3.63) is 53.2 Å². The summed E-state index contributed by atoms with van der Waals surface area (Å²) in [5.41, 5.74) is 1.76. The van der Waals surface area contributed by atoms with Gasteiger partial charge in [0.15, 0.2) is 0 Å². The van der Waals surface area contributed by atoms with Gasteiger partial charge in [0, 0.05) is 6.54 Å². The van der Waals surface area contributed by atoms with Crippen molar-refractivity contribution >= 4 is 11.8 Å². The highest BCUT2D eigenvalue weighted by Crippen LogP contribution is 2.19. The minimum atomic E-state index is -0.700. The summed E-state index contributed by atoms with van der Waals surface area (Å²) in [6.07, 6.45) is -0.399. The predicted octanol–water partition coefficient (Wildman–Crippen LogP) is 1.72. The second-order valence-corrected chi connectivity index (χ2v) is 6.44. The molecular weight excluding hydrogens is 334 g/mol. The first-order chi connectivity index (χ1) is 12.5. The van der Waals surface area contributed by atoms with Crippen LogP contribution in [0.5, 0.6) is 0 Å². The van der Waals surface area contributed by atoms with Crippen LogP contribution in [0, 0.1) is 13.8 Å². The molecule has 0 saturated carbocycles. The lowest BCUT2D eigenvalue weighted by molar-refractivity contribution is -0.163. The standard InChI is InChI=1S/C19H23N3O4/c1-12-13(2)26-16(21-12)9-20-19(24)18-14(3)25-11-17(23)22(18)10-15-7-5-4-6-8-15/h4-8,14,18H,9-11H2,1-3H3,(H,20,24)/t14-,18+/m1/s1. The van der Waals surface area contributed by atoms with E-state index in [4.69, 9.17) is 9.15 Å². The van der Waals surface area contributed by atoms with Gasteiger partial charge in [-0.1, -0.05) is 30.3 Å². The normalized spacial score (nSPS) is 20.3. The minimum absolute atomic E-state index is 0.0179. The van der Waals surface area contributed by atoms with Crippen LogP contribution in [0.25, 0.3) is 0 Å². The molecule has 7 heteroatoms. The van der Waals surface area contributed by atoms with E-state index in [-0.39, 0.29) is 25.0 Å². The van der Waals surface area contributed by atoms with Gasteiger partial charge in [-0.15, -0.1) is 0 Å². The molecule has 1 N–H and O–H groups in total. The van der Waals surface area contributed by atoms with Gasteiger partial charge < -0.3 is 19.4 Å². The number of oxazole rings is 1. The molecule has 26 heavy (non-hydrogen) atoms. The zero-order valence-electron chi connectivity index (χ0n) is 15.2. The van der Waals surface area contributed by atoms with Gasteiger partial charge in [-0.3, -0.25) is 9.59 Å². The van der Waals surface area contributed by atoms with Crippen LogP contribution in [-0.2, 0) is 27.4 Å². The number of carbonyl (C=O) groups excluding carboxylic acids is 2. The SMILES string of the molecule is Cc1nc(CNC(=O)[C@@H]2[C@@H](C)OCC(=O)N2Cc2ccccc2)oc1C. The molecule has 7 nitrogen and oxygen atoms in total. The largest absolute Gasteiger partial charge is 0.444 e. The summed E-state index contributed by atoms with van der Waals surface area (Å²) in [5.74, 6) is 0.688. The van der Waals surface area contributed by atoms with Crippen LogP contribution in [0.4, 0.5) is 0 Å². The number of morpholine rings is 1. The van der Waals surface area contributed by atoms with Crippen LogP contribution >= 0.6 is 0 Å². The Morgan fingerprint density at radius 3 is 2.69 bits per heavy atom. The van der Waals surface area contributed by atoms with E-state index in [2.05, 4.69) is 10.3 Å². The Bertz CT molecular complexity index is 768. The van der Waals surface area contributed by atoms with Crippen LogP contribution in [0.1, 0.15) is 29.8 Å². The molecule has 3 rings (SSSR count). The van der Waals surface area contributed by atoms with Gasteiger partial charge in [-0.05, 0) is 26.3 Å². The average molecular weight is 357 g/mol. The van der Waals surface area contributed by atoms with E-state index >= 15 is 0 Å². The van der Waals surface area contributed by atoms with Crippen molar-refractivity contribution in [2.75, 3.05) is 6.61 Å². The van der Waals surface area contributed by atoms with E-state index in [1.54, 1.807) is 11.8 Å². The first-order valence-electron chi connectivity index (χ1n) is 8.61. The van der Waals surface area contributed by atoms with Gasteiger partial charge in [-0.2, -0.15) is 0 Å². The monoisotopic (exact) mass is 357 g/mol. The molecule has 1 fully saturated rings. The molecule has 1 aliphatic rings. The van der Waals surface area contributed by atoms with E-state index in [1.165, 1.54) is 0 Å². The van der Waals surface area contributed by atoms with E-state index in [0.29, 0.717) is 12.4 Å². The Balaban J connectivity index is 1.72. The Labute approximate surface area is 152 Å². The quantitative estimate of drug-likeness (QED) is 0.881. The fourth-order valence-corrected chi connectivity index (χ4v) is 2.99. The lowest BCUT2D eigenvalue weighted by atomic mass is 10.1. The highest BCUT2D eigenvalue weighted by atomic mass is 16.5. The number of ether oxygens (including phenoxy) is 1. The Morgan fingerprint density at radius 2 is 2.04 bits per heavy atom. The first kappa shape index (κ1) is 18.1. The minimum Gasteiger partial charge on any atom is -0.444 e. The van der Waals surface area contributed by atoms with Gasteiger partial charge in [0.05, 0.1) is 18.3 Å². The van der Waals surface area contributed by atoms with Crippen molar-refractivity contribution in [3.63, 3.8) is 0 Å². The van der Waals surface area contributed by atoms with Crippen LogP contribution in [-0.4, -0.2) is 40.5 Å². The second kappa shape index (κ2) is 7.70. The smallest absolute Gasteiger partial charge is 0.249 e. The van der Waals surface area contributed by atoms with Crippen LogP contribution in [0.3, 0.4) is 0 Å². The molecule has 1 saturated heterocycles. The second-order valence-electron chi connectivity index (χ2n) is 6.44. The first-order valence-corrected chi connectivity index (χ1v) is 8.61. The number of benzene rings is 1. The maximum absolute atomic E-state index is 12.8. The lowest BCUT2D eigenvalue weighted by Crippen LogP contribution is -2.59. The van der Waals surface area contributed by atoms with Gasteiger partial charge >= 0.3 is 0 Å². The Hall–Kier alpha value is -2.67. The van der Waals surface area contributed by atoms with Crippen molar-refractivity contribution in [2.45, 2.75) is 46.0 Å². The third-order valence-corrected chi connectivity index (χ3v) is 4.52. The molecule has 1 aromatic carbocycles. The highest BCUT2D eigenvalue weighted by molar-refractivity contribution is 5.89. The fraction of sp³-hybridized carbons (Fsp3) is 0.421. The molecular formula is C19H23N3O4. The third-order valence-electron chi connectivity index (χ3n) is 4.52. The summed E-state index contributed by atoms with van der Waals surface area (Å²) < 4.78 is 11.0. The Kier molecular flexibility index (Phi) is 5.37. The number of nitrogens with zero attached hydrogens (tertiary/aromatic N) is 2. The van der Waals surface area contributed by atoms with Gasteiger partial charge in [0.1, 0.15) is 18.4 Å². The number of amides is 2. The summed E-state index contributed by atoms with van der Waals surface area (Å²) in [7, 11) is 0. The molecule has 1 aromatic heterocycles. The van der Waals surface area contributed by atoms with Crippen molar-refractivity contribution < 1.29 is 18.7 Å². The van der Waals surface area contributed by atoms with E-state index in [9.17, 15) is 9.59 Å². The van der Waals surface area contributed by atoms with E-state index in [0.717, 1.165) is 17.0 Å². The topological polar surface area (TPSA) is 84.7 Å². The maximum Gasteiger partial charge on any atom is 0.249 e. The van der Waals surface area contributed by atoms with E-state index < -0.39 is 12.1 Å². The molecule has 0 bridgehead atoms. The van der Waals surface area contributed by atoms with Crippen LogP contribution in [0.2, 0.25) is 0 Å². The molecule has 2 heterocycles.